The number of carbonyl (C=O) groups excluding carboxylic acids is 1. The van der Waals surface area contributed by atoms with Gasteiger partial charge in [-0.25, -0.2) is 13.1 Å². The summed E-state index contributed by atoms with van der Waals surface area (Å²) < 4.78 is 37.7. The molecule has 1 amide bonds. The number of benzene rings is 1. The fraction of sp³-hybridized carbons (Fsp3) is 0.350. The molecule has 1 aromatic carbocycles. The molecule has 0 radical (unpaired) electrons. The average Bonchev–Trinajstić information content (AvgIpc) is 3.37. The van der Waals surface area contributed by atoms with E-state index in [1.54, 1.807) is 24.3 Å². The Morgan fingerprint density at radius 1 is 1.17 bits per heavy atom. The van der Waals surface area contributed by atoms with Crippen LogP contribution >= 0.6 is 0 Å². The van der Waals surface area contributed by atoms with Crippen LogP contribution in [0.2, 0.25) is 0 Å². The third-order valence-corrected chi connectivity index (χ3v) is 5.55. The second kappa shape index (κ2) is 8.80. The molecule has 3 aromatic rings. The van der Waals surface area contributed by atoms with E-state index in [-0.39, 0.29) is 35.6 Å². The highest BCUT2D eigenvalue weighted by Crippen LogP contribution is 2.19. The second-order valence-corrected chi connectivity index (χ2v) is 9.51. The van der Waals surface area contributed by atoms with Gasteiger partial charge in [0, 0.05) is 23.9 Å². The maximum Gasteiger partial charge on any atom is 0.241 e. The summed E-state index contributed by atoms with van der Waals surface area (Å²) in [4.78, 5) is 16.6. The maximum absolute atomic E-state index is 12.5. The molecular formula is C20H24N4O5S. The molecule has 2 N–H and O–H groups in total. The standard InChI is InChI=1S/C20H24N4O5S/c1-20(2,3)19-23-18(29-24-19)10-9-17(25)22-14-6-4-8-16(12-14)30(26,27)21-13-15-7-5-11-28-15/h4-8,11-12,21H,9-10,13H2,1-3H3,(H,22,25). The number of furan rings is 1. The topological polar surface area (TPSA) is 127 Å². The molecule has 0 bridgehead atoms. The van der Waals surface area contributed by atoms with Gasteiger partial charge in [-0.3, -0.25) is 4.79 Å². The highest BCUT2D eigenvalue weighted by molar-refractivity contribution is 7.89. The Hall–Kier alpha value is -2.98. The summed E-state index contributed by atoms with van der Waals surface area (Å²) in [6, 6.07) is 9.38. The number of sulfonamides is 1. The van der Waals surface area contributed by atoms with Crippen molar-refractivity contribution < 1.29 is 22.2 Å². The van der Waals surface area contributed by atoms with E-state index in [9.17, 15) is 13.2 Å². The monoisotopic (exact) mass is 432 g/mol. The molecule has 30 heavy (non-hydrogen) atoms. The van der Waals surface area contributed by atoms with Crippen molar-refractivity contribution in [2.24, 2.45) is 0 Å². The lowest BCUT2D eigenvalue weighted by Gasteiger charge is -2.10. The molecular weight excluding hydrogens is 408 g/mol. The molecule has 0 aliphatic heterocycles. The van der Waals surface area contributed by atoms with Crippen LogP contribution in [0.3, 0.4) is 0 Å². The summed E-state index contributed by atoms with van der Waals surface area (Å²) in [5, 5.41) is 6.62. The van der Waals surface area contributed by atoms with Gasteiger partial charge in [0.25, 0.3) is 0 Å². The molecule has 0 aliphatic carbocycles. The molecule has 160 valence electrons. The van der Waals surface area contributed by atoms with E-state index >= 15 is 0 Å². The van der Waals surface area contributed by atoms with Crippen molar-refractivity contribution in [1.82, 2.24) is 14.9 Å². The van der Waals surface area contributed by atoms with Crippen LogP contribution < -0.4 is 10.0 Å². The Balaban J connectivity index is 1.57. The number of hydrogen-bond donors (Lipinski definition) is 2. The van der Waals surface area contributed by atoms with Gasteiger partial charge in [-0.15, -0.1) is 0 Å². The molecule has 0 unspecified atom stereocenters. The predicted molar refractivity (Wildman–Crippen MR) is 109 cm³/mol. The van der Waals surface area contributed by atoms with Crippen molar-refractivity contribution in [3.05, 3.63) is 60.1 Å². The number of anilines is 1. The molecule has 0 atom stereocenters. The Morgan fingerprint density at radius 3 is 2.63 bits per heavy atom. The van der Waals surface area contributed by atoms with Crippen molar-refractivity contribution in [3.8, 4) is 0 Å². The fourth-order valence-corrected chi connectivity index (χ4v) is 3.55. The van der Waals surface area contributed by atoms with Gasteiger partial charge >= 0.3 is 0 Å². The summed E-state index contributed by atoms with van der Waals surface area (Å²) >= 11 is 0. The van der Waals surface area contributed by atoms with Gasteiger partial charge in [0.05, 0.1) is 17.7 Å². The van der Waals surface area contributed by atoms with Crippen LogP contribution in [0.25, 0.3) is 0 Å². The zero-order valence-corrected chi connectivity index (χ0v) is 17.8. The van der Waals surface area contributed by atoms with Crippen LogP contribution in [0.1, 0.15) is 44.7 Å². The van der Waals surface area contributed by atoms with Gasteiger partial charge in [-0.2, -0.15) is 4.98 Å². The number of aromatic nitrogens is 2. The van der Waals surface area contributed by atoms with Gasteiger partial charge < -0.3 is 14.3 Å². The summed E-state index contributed by atoms with van der Waals surface area (Å²) in [7, 11) is -3.76. The maximum atomic E-state index is 12.5. The minimum absolute atomic E-state index is 0.0344. The first-order valence-electron chi connectivity index (χ1n) is 9.38. The van der Waals surface area contributed by atoms with Crippen LogP contribution in [0.15, 0.2) is 56.5 Å². The molecule has 0 saturated heterocycles. The van der Waals surface area contributed by atoms with E-state index < -0.39 is 10.0 Å². The van der Waals surface area contributed by atoms with Crippen molar-refractivity contribution in [2.75, 3.05) is 5.32 Å². The number of rotatable bonds is 8. The quantitative estimate of drug-likeness (QED) is 0.560. The van der Waals surface area contributed by atoms with Crippen molar-refractivity contribution in [2.45, 2.75) is 50.5 Å². The summed E-state index contributed by atoms with van der Waals surface area (Å²) in [5.41, 5.74) is 0.141. The van der Waals surface area contributed by atoms with Gasteiger partial charge in [-0.05, 0) is 30.3 Å². The highest BCUT2D eigenvalue weighted by Gasteiger charge is 2.21. The lowest BCUT2D eigenvalue weighted by molar-refractivity contribution is -0.116. The van der Waals surface area contributed by atoms with Crippen LogP contribution in [0.5, 0.6) is 0 Å². The average molecular weight is 433 g/mol. The Bertz CT molecular complexity index is 1100. The number of amides is 1. The molecule has 3 rings (SSSR count). The zero-order chi connectivity index (χ0) is 21.8. The van der Waals surface area contributed by atoms with Gasteiger partial charge in [0.15, 0.2) is 5.82 Å². The number of hydrogen-bond acceptors (Lipinski definition) is 7. The Kier molecular flexibility index (Phi) is 6.37. The third-order valence-electron chi connectivity index (χ3n) is 4.15. The first-order chi connectivity index (χ1) is 14.1. The van der Waals surface area contributed by atoms with Crippen molar-refractivity contribution in [3.63, 3.8) is 0 Å². The molecule has 0 spiro atoms. The summed E-state index contributed by atoms with van der Waals surface area (Å²) in [5.74, 6) is 1.17. The van der Waals surface area contributed by atoms with Crippen LogP contribution in [-0.2, 0) is 33.2 Å². The molecule has 0 aliphatic rings. The van der Waals surface area contributed by atoms with Crippen molar-refractivity contribution in [1.29, 1.82) is 0 Å². The number of nitrogens with zero attached hydrogens (tertiary/aromatic N) is 2. The van der Waals surface area contributed by atoms with Crippen molar-refractivity contribution >= 4 is 21.6 Å². The normalized spacial score (nSPS) is 12.1. The first kappa shape index (κ1) is 21.7. The van der Waals surface area contributed by atoms with E-state index in [1.165, 1.54) is 18.4 Å². The lowest BCUT2D eigenvalue weighted by Crippen LogP contribution is -2.23. The second-order valence-electron chi connectivity index (χ2n) is 7.74. The van der Waals surface area contributed by atoms with E-state index in [4.69, 9.17) is 8.94 Å². The number of aryl methyl sites for hydroxylation is 1. The van der Waals surface area contributed by atoms with E-state index in [1.807, 2.05) is 20.8 Å². The van der Waals surface area contributed by atoms with Crippen LogP contribution in [-0.4, -0.2) is 24.5 Å². The van der Waals surface area contributed by atoms with Crippen LogP contribution in [0, 0.1) is 0 Å². The number of nitrogens with one attached hydrogen (secondary N) is 2. The summed E-state index contributed by atoms with van der Waals surface area (Å²) in [6.07, 6.45) is 1.88. The minimum Gasteiger partial charge on any atom is -0.468 e. The molecule has 0 saturated carbocycles. The molecule has 2 heterocycles. The molecule has 10 heteroatoms. The van der Waals surface area contributed by atoms with E-state index in [0.717, 1.165) is 0 Å². The molecule has 9 nitrogen and oxygen atoms in total. The molecule has 0 fully saturated rings. The summed E-state index contributed by atoms with van der Waals surface area (Å²) in [6.45, 7) is 5.95. The SMILES string of the molecule is CC(C)(C)c1noc(CCC(=O)Nc2cccc(S(=O)(=O)NCc3ccco3)c2)n1. The highest BCUT2D eigenvalue weighted by atomic mass is 32.2. The first-order valence-corrected chi connectivity index (χ1v) is 10.9. The number of carbonyl (C=O) groups is 1. The zero-order valence-electron chi connectivity index (χ0n) is 17.0. The van der Waals surface area contributed by atoms with E-state index in [0.29, 0.717) is 23.2 Å². The lowest BCUT2D eigenvalue weighted by atomic mass is 9.96. The predicted octanol–water partition coefficient (Wildman–Crippen LogP) is 3.01. The fourth-order valence-electron chi connectivity index (χ4n) is 2.51. The third kappa shape index (κ3) is 5.77. The van der Waals surface area contributed by atoms with Gasteiger partial charge in [-0.1, -0.05) is 32.0 Å². The molecule has 2 aromatic heterocycles. The Labute approximate surface area is 174 Å². The largest absolute Gasteiger partial charge is 0.468 e. The smallest absolute Gasteiger partial charge is 0.241 e. The minimum atomic E-state index is -3.76. The van der Waals surface area contributed by atoms with E-state index in [2.05, 4.69) is 20.2 Å². The van der Waals surface area contributed by atoms with Gasteiger partial charge in [0.2, 0.25) is 21.8 Å². The van der Waals surface area contributed by atoms with Crippen LogP contribution in [0.4, 0.5) is 5.69 Å². The Morgan fingerprint density at radius 2 is 1.97 bits per heavy atom. The van der Waals surface area contributed by atoms with Gasteiger partial charge in [0.1, 0.15) is 5.76 Å².